The van der Waals surface area contributed by atoms with Crippen LogP contribution in [0.2, 0.25) is 0 Å². The average Bonchev–Trinajstić information content (AvgIpc) is 3.18. The average molecular weight is 435 g/mol. The van der Waals surface area contributed by atoms with E-state index in [1.165, 1.54) is 0 Å². The maximum atomic E-state index is 13.0. The number of nitrogens with one attached hydrogen (secondary N) is 1. The van der Waals surface area contributed by atoms with Gasteiger partial charge >= 0.3 is 0 Å². The molecule has 2 heterocycles. The normalized spacial score (nSPS) is 11.5. The SMILES string of the molecule is CCCS(=O)(=O)Nc1cccc(-c2ccnc3c(C(=O)c4ccc(C)cc4)ncn23)c1. The van der Waals surface area contributed by atoms with Crippen LogP contribution in [0.4, 0.5) is 5.69 Å². The van der Waals surface area contributed by atoms with E-state index >= 15 is 0 Å². The standard InChI is InChI=1S/C23H22N4O3S/c1-3-13-31(29,30)26-19-6-4-5-18(14-19)20-11-12-24-23-21(25-15-27(20)23)22(28)17-9-7-16(2)8-10-17/h4-12,14-15,26H,3,13H2,1-2H3. The van der Waals surface area contributed by atoms with Crippen molar-refractivity contribution in [1.82, 2.24) is 14.4 Å². The van der Waals surface area contributed by atoms with Gasteiger partial charge in [-0.25, -0.2) is 18.4 Å². The molecule has 0 aliphatic carbocycles. The molecule has 0 amide bonds. The Morgan fingerprint density at radius 3 is 2.58 bits per heavy atom. The van der Waals surface area contributed by atoms with Crippen molar-refractivity contribution in [2.45, 2.75) is 20.3 Å². The summed E-state index contributed by atoms with van der Waals surface area (Å²) in [7, 11) is -3.39. The highest BCUT2D eigenvalue weighted by molar-refractivity contribution is 7.92. The molecule has 4 aromatic rings. The van der Waals surface area contributed by atoms with Crippen molar-refractivity contribution < 1.29 is 13.2 Å². The van der Waals surface area contributed by atoms with Gasteiger partial charge in [-0.15, -0.1) is 0 Å². The van der Waals surface area contributed by atoms with Gasteiger partial charge in [-0.2, -0.15) is 0 Å². The number of benzene rings is 2. The van der Waals surface area contributed by atoms with Gasteiger partial charge in [0.1, 0.15) is 6.33 Å². The van der Waals surface area contributed by atoms with E-state index in [0.717, 1.165) is 16.8 Å². The van der Waals surface area contributed by atoms with Crippen molar-refractivity contribution in [3.05, 3.63) is 83.9 Å². The maximum Gasteiger partial charge on any atom is 0.232 e. The lowest BCUT2D eigenvalue weighted by molar-refractivity contribution is 0.103. The van der Waals surface area contributed by atoms with Gasteiger partial charge in [0, 0.05) is 23.0 Å². The smallest absolute Gasteiger partial charge is 0.232 e. The van der Waals surface area contributed by atoms with Crippen LogP contribution in [0.15, 0.2) is 67.1 Å². The Bertz CT molecular complexity index is 1360. The first-order valence-corrected chi connectivity index (χ1v) is 11.6. The first-order valence-electron chi connectivity index (χ1n) is 9.92. The van der Waals surface area contributed by atoms with E-state index in [0.29, 0.717) is 23.3 Å². The minimum absolute atomic E-state index is 0.0583. The van der Waals surface area contributed by atoms with Crippen LogP contribution in [0.5, 0.6) is 0 Å². The number of hydrogen-bond acceptors (Lipinski definition) is 5. The van der Waals surface area contributed by atoms with Gasteiger partial charge < -0.3 is 0 Å². The number of hydrogen-bond donors (Lipinski definition) is 1. The molecule has 2 aromatic heterocycles. The zero-order valence-corrected chi connectivity index (χ0v) is 18.1. The highest BCUT2D eigenvalue weighted by Gasteiger charge is 2.18. The van der Waals surface area contributed by atoms with Gasteiger partial charge in [-0.05, 0) is 31.5 Å². The third-order valence-corrected chi connectivity index (χ3v) is 6.36. The number of aryl methyl sites for hydroxylation is 1. The number of sulfonamides is 1. The van der Waals surface area contributed by atoms with Gasteiger partial charge in [0.15, 0.2) is 11.3 Å². The molecule has 158 valence electrons. The summed E-state index contributed by atoms with van der Waals surface area (Å²) in [4.78, 5) is 21.7. The fraction of sp³-hybridized carbons (Fsp3) is 0.174. The van der Waals surface area contributed by atoms with Gasteiger partial charge in [0.25, 0.3) is 0 Å². The molecule has 0 fully saturated rings. The van der Waals surface area contributed by atoms with E-state index in [1.807, 2.05) is 32.0 Å². The lowest BCUT2D eigenvalue weighted by Crippen LogP contribution is -2.16. The Morgan fingerprint density at radius 2 is 1.84 bits per heavy atom. The number of anilines is 1. The summed E-state index contributed by atoms with van der Waals surface area (Å²) < 4.78 is 28.6. The Labute approximate surface area is 180 Å². The summed E-state index contributed by atoms with van der Waals surface area (Å²) in [5.74, 6) is -0.142. The molecule has 1 N–H and O–H groups in total. The molecule has 0 saturated carbocycles. The number of nitrogens with zero attached hydrogens (tertiary/aromatic N) is 3. The van der Waals surface area contributed by atoms with Crippen molar-refractivity contribution in [3.8, 4) is 11.3 Å². The topological polar surface area (TPSA) is 93.4 Å². The van der Waals surface area contributed by atoms with Crippen LogP contribution in [0.25, 0.3) is 16.9 Å². The molecule has 0 aliphatic rings. The van der Waals surface area contributed by atoms with E-state index in [9.17, 15) is 13.2 Å². The fourth-order valence-corrected chi connectivity index (χ4v) is 4.50. The first kappa shape index (κ1) is 20.7. The van der Waals surface area contributed by atoms with Crippen LogP contribution in [-0.4, -0.2) is 34.3 Å². The second kappa shape index (κ2) is 8.31. The molecule has 0 saturated heterocycles. The lowest BCUT2D eigenvalue weighted by Gasteiger charge is -2.10. The molecule has 4 rings (SSSR count). The summed E-state index contributed by atoms with van der Waals surface area (Å²) in [5, 5.41) is 0. The maximum absolute atomic E-state index is 13.0. The molecule has 8 heteroatoms. The quantitative estimate of drug-likeness (QED) is 0.442. The van der Waals surface area contributed by atoms with E-state index in [-0.39, 0.29) is 17.2 Å². The second-order valence-electron chi connectivity index (χ2n) is 7.31. The highest BCUT2D eigenvalue weighted by atomic mass is 32.2. The van der Waals surface area contributed by atoms with Gasteiger partial charge in [-0.1, -0.05) is 48.9 Å². The molecule has 31 heavy (non-hydrogen) atoms. The van der Waals surface area contributed by atoms with Crippen molar-refractivity contribution in [1.29, 1.82) is 0 Å². The molecule has 2 aromatic carbocycles. The number of ketones is 1. The second-order valence-corrected chi connectivity index (χ2v) is 9.16. The van der Waals surface area contributed by atoms with E-state index in [2.05, 4.69) is 14.7 Å². The summed E-state index contributed by atoms with van der Waals surface area (Å²) >= 11 is 0. The third-order valence-electron chi connectivity index (χ3n) is 4.86. The van der Waals surface area contributed by atoms with Gasteiger partial charge in [0.2, 0.25) is 15.8 Å². The predicted octanol–water partition coefficient (Wildman–Crippen LogP) is 4.09. The van der Waals surface area contributed by atoms with E-state index in [4.69, 9.17) is 0 Å². The Morgan fingerprint density at radius 1 is 1.06 bits per heavy atom. The van der Waals surface area contributed by atoms with Crippen LogP contribution < -0.4 is 4.72 Å². The summed E-state index contributed by atoms with van der Waals surface area (Å²) in [6, 6.07) is 16.2. The molecule has 0 radical (unpaired) electrons. The minimum Gasteiger partial charge on any atom is -0.287 e. The number of imidazole rings is 1. The van der Waals surface area contributed by atoms with Crippen LogP contribution in [0.1, 0.15) is 35.0 Å². The molecular formula is C23H22N4O3S. The van der Waals surface area contributed by atoms with Crippen molar-refractivity contribution >= 4 is 27.1 Å². The summed E-state index contributed by atoms with van der Waals surface area (Å²) in [5.41, 5.74) is 4.33. The number of carbonyl (C=O) groups excluding carboxylic acids is 1. The molecule has 7 nitrogen and oxygen atoms in total. The molecular weight excluding hydrogens is 412 g/mol. The number of aromatic nitrogens is 3. The number of carbonyl (C=O) groups is 1. The Hall–Kier alpha value is -3.52. The number of fused-ring (bicyclic) bond motifs is 1. The molecule has 0 atom stereocenters. The monoisotopic (exact) mass is 434 g/mol. The van der Waals surface area contributed by atoms with Crippen molar-refractivity contribution in [2.24, 2.45) is 0 Å². The lowest BCUT2D eigenvalue weighted by atomic mass is 10.1. The van der Waals surface area contributed by atoms with Crippen LogP contribution >= 0.6 is 0 Å². The van der Waals surface area contributed by atoms with Gasteiger partial charge in [0.05, 0.1) is 11.4 Å². The van der Waals surface area contributed by atoms with Crippen molar-refractivity contribution in [2.75, 3.05) is 10.5 Å². The molecule has 0 unspecified atom stereocenters. The zero-order valence-electron chi connectivity index (χ0n) is 17.2. The Balaban J connectivity index is 1.73. The van der Waals surface area contributed by atoms with E-state index in [1.54, 1.807) is 53.3 Å². The minimum atomic E-state index is -3.39. The van der Waals surface area contributed by atoms with Crippen LogP contribution in [0, 0.1) is 6.92 Å². The zero-order chi connectivity index (χ0) is 22.0. The molecule has 0 spiro atoms. The summed E-state index contributed by atoms with van der Waals surface area (Å²) in [6.45, 7) is 3.78. The third kappa shape index (κ3) is 4.34. The van der Waals surface area contributed by atoms with E-state index < -0.39 is 10.0 Å². The highest BCUT2D eigenvalue weighted by Crippen LogP contribution is 2.25. The molecule has 0 bridgehead atoms. The summed E-state index contributed by atoms with van der Waals surface area (Å²) in [6.07, 6.45) is 3.71. The van der Waals surface area contributed by atoms with Gasteiger partial charge in [-0.3, -0.25) is 13.9 Å². The van der Waals surface area contributed by atoms with Crippen molar-refractivity contribution in [3.63, 3.8) is 0 Å². The van der Waals surface area contributed by atoms with Crippen LogP contribution in [-0.2, 0) is 10.0 Å². The van der Waals surface area contributed by atoms with Crippen LogP contribution in [0.3, 0.4) is 0 Å². The molecule has 0 aliphatic heterocycles. The fourth-order valence-electron chi connectivity index (χ4n) is 3.38. The predicted molar refractivity (Wildman–Crippen MR) is 121 cm³/mol. The number of rotatable bonds is 7. The Kier molecular flexibility index (Phi) is 5.56. The first-order chi connectivity index (χ1) is 14.9. The largest absolute Gasteiger partial charge is 0.287 e.